The fourth-order valence-electron chi connectivity index (χ4n) is 2.83. The zero-order chi connectivity index (χ0) is 22.8. The van der Waals surface area contributed by atoms with Gasteiger partial charge < -0.3 is 15.8 Å². The molecule has 0 saturated carbocycles. The molecule has 0 bridgehead atoms. The van der Waals surface area contributed by atoms with Gasteiger partial charge in [-0.2, -0.15) is 13.2 Å². The van der Waals surface area contributed by atoms with E-state index in [0.29, 0.717) is 11.6 Å². The summed E-state index contributed by atoms with van der Waals surface area (Å²) in [5.41, 5.74) is 4.64. The molecule has 0 aromatic heterocycles. The third kappa shape index (κ3) is 5.18. The monoisotopic (exact) mass is 436 g/mol. The zero-order valence-electron chi connectivity index (χ0n) is 16.2. The number of halogens is 5. The summed E-state index contributed by atoms with van der Waals surface area (Å²) in [6.07, 6.45) is -4.69. The van der Waals surface area contributed by atoms with Gasteiger partial charge in [0.05, 0.1) is 11.1 Å². The first-order chi connectivity index (χ1) is 14.6. The molecule has 1 amide bonds. The summed E-state index contributed by atoms with van der Waals surface area (Å²) >= 11 is 0. The van der Waals surface area contributed by atoms with Crippen LogP contribution in [-0.2, 0) is 12.7 Å². The number of rotatable bonds is 5. The van der Waals surface area contributed by atoms with Crippen LogP contribution in [0.3, 0.4) is 0 Å². The van der Waals surface area contributed by atoms with Gasteiger partial charge in [0.2, 0.25) is 0 Å². The van der Waals surface area contributed by atoms with Crippen molar-refractivity contribution in [1.82, 2.24) is 0 Å². The lowest BCUT2D eigenvalue weighted by Gasteiger charge is -2.16. The molecule has 4 nitrogen and oxygen atoms in total. The Kier molecular flexibility index (Phi) is 6.26. The van der Waals surface area contributed by atoms with Gasteiger partial charge in [0, 0.05) is 17.8 Å². The summed E-state index contributed by atoms with van der Waals surface area (Å²) in [5.74, 6) is -1.99. The van der Waals surface area contributed by atoms with E-state index in [-0.39, 0.29) is 29.3 Å². The van der Waals surface area contributed by atoms with E-state index in [4.69, 9.17) is 10.5 Å². The number of carbonyl (C=O) groups excluding carboxylic acids is 1. The molecule has 0 heterocycles. The van der Waals surface area contributed by atoms with Gasteiger partial charge in [-0.15, -0.1) is 0 Å². The SMILES string of the molecule is Cc1cc(F)ccc1Oc1ccc(C(F)(F)F)cc1C(=O)Nc1ccc(F)c(CN)c1. The Hall–Kier alpha value is -3.46. The van der Waals surface area contributed by atoms with E-state index >= 15 is 0 Å². The van der Waals surface area contributed by atoms with Crippen LogP contribution < -0.4 is 15.8 Å². The van der Waals surface area contributed by atoms with Crippen LogP contribution in [0.1, 0.15) is 27.0 Å². The lowest BCUT2D eigenvalue weighted by atomic mass is 10.1. The van der Waals surface area contributed by atoms with E-state index < -0.39 is 34.8 Å². The average molecular weight is 436 g/mol. The Morgan fingerprint density at radius 1 is 1.00 bits per heavy atom. The third-order valence-electron chi connectivity index (χ3n) is 4.43. The van der Waals surface area contributed by atoms with Gasteiger partial charge >= 0.3 is 6.18 Å². The number of anilines is 1. The Bertz CT molecular complexity index is 1130. The van der Waals surface area contributed by atoms with Crippen molar-refractivity contribution in [3.63, 3.8) is 0 Å². The molecule has 0 unspecified atom stereocenters. The minimum absolute atomic E-state index is 0.125. The molecule has 0 radical (unpaired) electrons. The Labute approximate surface area is 174 Å². The topological polar surface area (TPSA) is 64.3 Å². The van der Waals surface area contributed by atoms with Gasteiger partial charge in [-0.05, 0) is 67.1 Å². The second-order valence-corrected chi connectivity index (χ2v) is 6.69. The normalized spacial score (nSPS) is 11.3. The number of aryl methyl sites for hydroxylation is 1. The summed E-state index contributed by atoms with van der Waals surface area (Å²) in [5, 5.41) is 2.42. The van der Waals surface area contributed by atoms with Gasteiger partial charge in [-0.3, -0.25) is 4.79 Å². The van der Waals surface area contributed by atoms with Gasteiger partial charge in [-0.25, -0.2) is 8.78 Å². The summed E-state index contributed by atoms with van der Waals surface area (Å²) in [4.78, 5) is 12.8. The predicted octanol–water partition coefficient (Wildman–Crippen LogP) is 5.80. The molecule has 0 atom stereocenters. The van der Waals surface area contributed by atoms with Crippen molar-refractivity contribution in [2.24, 2.45) is 5.73 Å². The number of carbonyl (C=O) groups is 1. The number of amides is 1. The molecule has 3 N–H and O–H groups in total. The van der Waals surface area contributed by atoms with Gasteiger partial charge in [-0.1, -0.05) is 0 Å². The fourth-order valence-corrected chi connectivity index (χ4v) is 2.83. The first-order valence-electron chi connectivity index (χ1n) is 9.03. The quantitative estimate of drug-likeness (QED) is 0.497. The highest BCUT2D eigenvalue weighted by Crippen LogP contribution is 2.35. The van der Waals surface area contributed by atoms with Crippen molar-refractivity contribution >= 4 is 11.6 Å². The summed E-state index contributed by atoms with van der Waals surface area (Å²) in [6.45, 7) is 1.42. The van der Waals surface area contributed by atoms with Gasteiger partial charge in [0.15, 0.2) is 0 Å². The molecular weight excluding hydrogens is 419 g/mol. The van der Waals surface area contributed by atoms with Crippen LogP contribution in [-0.4, -0.2) is 5.91 Å². The van der Waals surface area contributed by atoms with E-state index in [2.05, 4.69) is 5.32 Å². The molecule has 9 heteroatoms. The largest absolute Gasteiger partial charge is 0.456 e. The maximum Gasteiger partial charge on any atom is 0.416 e. The molecule has 0 spiro atoms. The number of nitrogens with one attached hydrogen (secondary N) is 1. The van der Waals surface area contributed by atoms with E-state index in [1.54, 1.807) is 6.92 Å². The minimum atomic E-state index is -4.69. The molecule has 162 valence electrons. The van der Waals surface area contributed by atoms with Gasteiger partial charge in [0.25, 0.3) is 5.91 Å². The molecule has 0 aliphatic carbocycles. The highest BCUT2D eigenvalue weighted by atomic mass is 19.4. The van der Waals surface area contributed by atoms with Crippen molar-refractivity contribution in [3.8, 4) is 11.5 Å². The first kappa shape index (κ1) is 22.2. The molecule has 0 aliphatic heterocycles. The van der Waals surface area contributed by atoms with Crippen molar-refractivity contribution in [2.75, 3.05) is 5.32 Å². The number of hydrogen-bond acceptors (Lipinski definition) is 3. The standard InChI is InChI=1S/C22H17F5N2O2/c1-12-8-15(23)3-7-19(12)31-20-6-2-14(22(25,26)27)10-17(20)21(30)29-16-4-5-18(24)13(9-16)11-28/h2-10H,11,28H2,1H3,(H,29,30). The summed E-state index contributed by atoms with van der Waals surface area (Å²) < 4.78 is 72.2. The summed E-state index contributed by atoms with van der Waals surface area (Å²) in [7, 11) is 0. The van der Waals surface area contributed by atoms with Crippen molar-refractivity contribution in [3.05, 3.63) is 88.5 Å². The Morgan fingerprint density at radius 3 is 2.35 bits per heavy atom. The lowest BCUT2D eigenvalue weighted by Crippen LogP contribution is -2.16. The Balaban J connectivity index is 2.00. The van der Waals surface area contributed by atoms with Crippen LogP contribution in [0, 0.1) is 18.6 Å². The number of hydrogen-bond donors (Lipinski definition) is 2. The summed E-state index contributed by atoms with van der Waals surface area (Å²) in [6, 6.07) is 9.67. The molecule has 3 rings (SSSR count). The molecule has 31 heavy (non-hydrogen) atoms. The number of nitrogens with two attached hydrogens (primary N) is 1. The first-order valence-corrected chi connectivity index (χ1v) is 9.03. The van der Waals surface area contributed by atoms with Crippen LogP contribution in [0.15, 0.2) is 54.6 Å². The van der Waals surface area contributed by atoms with Crippen molar-refractivity contribution < 1.29 is 31.5 Å². The molecule has 0 saturated heterocycles. The second-order valence-electron chi connectivity index (χ2n) is 6.69. The Morgan fingerprint density at radius 2 is 1.71 bits per heavy atom. The molecule has 0 fully saturated rings. The zero-order valence-corrected chi connectivity index (χ0v) is 16.2. The molecule has 3 aromatic rings. The van der Waals surface area contributed by atoms with Crippen molar-refractivity contribution in [1.29, 1.82) is 0 Å². The van der Waals surface area contributed by atoms with E-state index in [0.717, 1.165) is 24.3 Å². The highest BCUT2D eigenvalue weighted by molar-refractivity contribution is 6.06. The van der Waals surface area contributed by atoms with Crippen LogP contribution >= 0.6 is 0 Å². The van der Waals surface area contributed by atoms with E-state index in [1.807, 2.05) is 0 Å². The van der Waals surface area contributed by atoms with E-state index in [9.17, 15) is 26.7 Å². The van der Waals surface area contributed by atoms with Crippen molar-refractivity contribution in [2.45, 2.75) is 19.6 Å². The number of benzene rings is 3. The average Bonchev–Trinajstić information content (AvgIpc) is 2.70. The van der Waals surface area contributed by atoms with Crippen LogP contribution in [0.25, 0.3) is 0 Å². The maximum atomic E-state index is 13.6. The molecule has 0 aliphatic rings. The lowest BCUT2D eigenvalue weighted by molar-refractivity contribution is -0.137. The minimum Gasteiger partial charge on any atom is -0.456 e. The predicted molar refractivity (Wildman–Crippen MR) is 105 cm³/mol. The molecular formula is C22H17F5N2O2. The number of alkyl halides is 3. The number of ether oxygens (including phenoxy) is 1. The van der Waals surface area contributed by atoms with E-state index in [1.165, 1.54) is 24.3 Å². The molecule has 3 aromatic carbocycles. The maximum absolute atomic E-state index is 13.6. The third-order valence-corrected chi connectivity index (χ3v) is 4.43. The van der Waals surface area contributed by atoms with Gasteiger partial charge in [0.1, 0.15) is 23.1 Å². The smallest absolute Gasteiger partial charge is 0.416 e. The highest BCUT2D eigenvalue weighted by Gasteiger charge is 2.32. The second kappa shape index (κ2) is 8.73. The van der Waals surface area contributed by atoms with Crippen LogP contribution in [0.4, 0.5) is 27.6 Å². The van der Waals surface area contributed by atoms with Crippen LogP contribution in [0.5, 0.6) is 11.5 Å². The van der Waals surface area contributed by atoms with Crippen LogP contribution in [0.2, 0.25) is 0 Å². The fraction of sp³-hybridized carbons (Fsp3) is 0.136.